The Morgan fingerprint density at radius 3 is 2.27 bits per heavy atom. The highest BCUT2D eigenvalue weighted by Crippen LogP contribution is 2.40. The lowest BCUT2D eigenvalue weighted by molar-refractivity contribution is -0.384. The number of hydrogen-bond acceptors (Lipinski definition) is 8. The SMILES string of the molecule is CCOC(=O)C1=C(C)NC(CC(=O)O)=C(C(=O)OCC)C1c1cccc([N+](=O)[O-])c1. The molecule has 1 aliphatic heterocycles. The van der Waals surface area contributed by atoms with Crippen LogP contribution in [0, 0.1) is 10.1 Å². The van der Waals surface area contributed by atoms with Gasteiger partial charge in [0.1, 0.15) is 0 Å². The molecule has 1 aromatic rings. The number of nitrogens with zero attached hydrogens (tertiary/aromatic N) is 1. The van der Waals surface area contributed by atoms with E-state index in [0.717, 1.165) is 0 Å². The number of ether oxygens (including phenoxy) is 2. The number of hydrogen-bond donors (Lipinski definition) is 2. The van der Waals surface area contributed by atoms with Gasteiger partial charge in [-0.15, -0.1) is 0 Å². The van der Waals surface area contributed by atoms with E-state index in [2.05, 4.69) is 5.32 Å². The van der Waals surface area contributed by atoms with Gasteiger partial charge in [0.2, 0.25) is 0 Å². The van der Waals surface area contributed by atoms with E-state index < -0.39 is 35.2 Å². The van der Waals surface area contributed by atoms with Gasteiger partial charge in [0.15, 0.2) is 0 Å². The number of benzene rings is 1. The van der Waals surface area contributed by atoms with Crippen LogP contribution in [0.25, 0.3) is 0 Å². The lowest BCUT2D eigenvalue weighted by Gasteiger charge is -2.31. The number of non-ortho nitro benzene ring substituents is 1. The topological polar surface area (TPSA) is 145 Å². The van der Waals surface area contributed by atoms with Gasteiger partial charge < -0.3 is 19.9 Å². The molecule has 10 nitrogen and oxygen atoms in total. The molecular weight excluding hydrogens is 396 g/mol. The van der Waals surface area contributed by atoms with Crippen molar-refractivity contribution < 1.29 is 33.9 Å². The minimum Gasteiger partial charge on any atom is -0.481 e. The molecule has 0 saturated heterocycles. The third-order valence-electron chi connectivity index (χ3n) is 4.38. The molecular formula is C20H22N2O8. The lowest BCUT2D eigenvalue weighted by Crippen LogP contribution is -2.34. The molecule has 0 saturated carbocycles. The summed E-state index contributed by atoms with van der Waals surface area (Å²) in [5.41, 5.74) is 0.300. The van der Waals surface area contributed by atoms with E-state index in [-0.39, 0.29) is 47.0 Å². The summed E-state index contributed by atoms with van der Waals surface area (Å²) < 4.78 is 10.2. The Balaban J connectivity index is 2.78. The van der Waals surface area contributed by atoms with Gasteiger partial charge in [-0.1, -0.05) is 12.1 Å². The number of nitro benzene ring substituents is 1. The van der Waals surface area contributed by atoms with Crippen LogP contribution < -0.4 is 5.32 Å². The molecule has 160 valence electrons. The fourth-order valence-electron chi connectivity index (χ4n) is 3.27. The van der Waals surface area contributed by atoms with Gasteiger partial charge in [0.05, 0.1) is 41.6 Å². The molecule has 2 N–H and O–H groups in total. The van der Waals surface area contributed by atoms with Crippen molar-refractivity contribution in [3.8, 4) is 0 Å². The Morgan fingerprint density at radius 1 is 1.13 bits per heavy atom. The summed E-state index contributed by atoms with van der Waals surface area (Å²) in [6.45, 7) is 4.82. The van der Waals surface area contributed by atoms with Crippen LogP contribution in [0.4, 0.5) is 5.69 Å². The van der Waals surface area contributed by atoms with Gasteiger partial charge in [0, 0.05) is 23.5 Å². The second-order valence-corrected chi connectivity index (χ2v) is 6.35. The normalized spacial score (nSPS) is 16.0. The van der Waals surface area contributed by atoms with E-state index in [1.807, 2.05) is 0 Å². The number of carboxylic acids is 1. The summed E-state index contributed by atoms with van der Waals surface area (Å²) in [5, 5.41) is 23.4. The molecule has 1 aliphatic rings. The fraction of sp³-hybridized carbons (Fsp3) is 0.350. The maximum Gasteiger partial charge on any atom is 0.336 e. The maximum atomic E-state index is 12.8. The van der Waals surface area contributed by atoms with Crippen molar-refractivity contribution in [3.05, 3.63) is 62.5 Å². The van der Waals surface area contributed by atoms with Crippen LogP contribution >= 0.6 is 0 Å². The third kappa shape index (κ3) is 4.83. The van der Waals surface area contributed by atoms with Crippen molar-refractivity contribution in [2.75, 3.05) is 13.2 Å². The lowest BCUT2D eigenvalue weighted by atomic mass is 9.79. The van der Waals surface area contributed by atoms with Gasteiger partial charge in [-0.2, -0.15) is 0 Å². The number of aliphatic carboxylic acids is 1. The van der Waals surface area contributed by atoms with Crippen LogP contribution in [0.15, 0.2) is 46.8 Å². The molecule has 1 atom stereocenters. The summed E-state index contributed by atoms with van der Waals surface area (Å²) in [5.74, 6) is -3.86. The average molecular weight is 418 g/mol. The van der Waals surface area contributed by atoms with Crippen molar-refractivity contribution in [1.29, 1.82) is 0 Å². The summed E-state index contributed by atoms with van der Waals surface area (Å²) in [4.78, 5) is 47.6. The quantitative estimate of drug-likeness (QED) is 0.369. The van der Waals surface area contributed by atoms with E-state index in [9.17, 15) is 29.6 Å². The summed E-state index contributed by atoms with van der Waals surface area (Å²) in [6.07, 6.45) is -0.535. The van der Waals surface area contributed by atoms with Gasteiger partial charge in [-0.25, -0.2) is 9.59 Å². The van der Waals surface area contributed by atoms with E-state index in [1.54, 1.807) is 20.8 Å². The highest BCUT2D eigenvalue weighted by Gasteiger charge is 2.39. The van der Waals surface area contributed by atoms with E-state index in [4.69, 9.17) is 9.47 Å². The molecule has 0 amide bonds. The molecule has 0 aliphatic carbocycles. The average Bonchev–Trinajstić information content (AvgIpc) is 2.67. The standard InChI is InChI=1S/C20H22N2O8/c1-4-29-19(25)16-11(3)21-14(10-15(23)24)18(20(26)30-5-2)17(16)12-7-6-8-13(9-12)22(27)28/h6-9,17,21H,4-5,10H2,1-3H3,(H,23,24). The first-order valence-electron chi connectivity index (χ1n) is 9.22. The van der Waals surface area contributed by atoms with E-state index >= 15 is 0 Å². The van der Waals surface area contributed by atoms with Crippen LogP contribution in [0.1, 0.15) is 38.7 Å². The molecule has 1 heterocycles. The van der Waals surface area contributed by atoms with Crippen LogP contribution in [-0.4, -0.2) is 41.2 Å². The summed E-state index contributed by atoms with van der Waals surface area (Å²) >= 11 is 0. The third-order valence-corrected chi connectivity index (χ3v) is 4.38. The van der Waals surface area contributed by atoms with Crippen LogP contribution in [0.5, 0.6) is 0 Å². The number of carbonyl (C=O) groups excluding carboxylic acids is 2. The molecule has 1 unspecified atom stereocenters. The van der Waals surface area contributed by atoms with E-state index in [0.29, 0.717) is 0 Å². The predicted octanol–water partition coefficient (Wildman–Crippen LogP) is 2.41. The molecule has 10 heteroatoms. The highest BCUT2D eigenvalue weighted by atomic mass is 16.6. The van der Waals surface area contributed by atoms with Crippen molar-refractivity contribution in [3.63, 3.8) is 0 Å². The van der Waals surface area contributed by atoms with Gasteiger partial charge in [-0.3, -0.25) is 14.9 Å². The first-order valence-corrected chi connectivity index (χ1v) is 9.22. The van der Waals surface area contributed by atoms with Crippen LogP contribution in [-0.2, 0) is 23.9 Å². The predicted molar refractivity (Wildman–Crippen MR) is 104 cm³/mol. The number of rotatable bonds is 8. The second kappa shape index (κ2) is 9.68. The second-order valence-electron chi connectivity index (χ2n) is 6.35. The van der Waals surface area contributed by atoms with Crippen LogP contribution in [0.3, 0.4) is 0 Å². The number of carbonyl (C=O) groups is 3. The Bertz CT molecular complexity index is 948. The molecule has 0 aromatic heterocycles. The van der Waals surface area contributed by atoms with Crippen molar-refractivity contribution in [2.45, 2.75) is 33.1 Å². The molecule has 1 aromatic carbocycles. The first kappa shape index (κ1) is 22.6. The Kier molecular flexibility index (Phi) is 7.29. The largest absolute Gasteiger partial charge is 0.481 e. The number of allylic oxidation sites excluding steroid dienone is 1. The number of nitrogens with one attached hydrogen (secondary N) is 1. The molecule has 0 radical (unpaired) electrons. The minimum absolute atomic E-state index is 0.0157. The Hall–Kier alpha value is -3.69. The van der Waals surface area contributed by atoms with Crippen molar-refractivity contribution >= 4 is 23.6 Å². The van der Waals surface area contributed by atoms with Crippen molar-refractivity contribution in [2.24, 2.45) is 0 Å². The smallest absolute Gasteiger partial charge is 0.336 e. The molecule has 0 bridgehead atoms. The number of esters is 2. The number of carboxylic acid groups (broad SMARTS) is 1. The zero-order valence-electron chi connectivity index (χ0n) is 16.8. The monoisotopic (exact) mass is 418 g/mol. The van der Waals surface area contributed by atoms with E-state index in [1.165, 1.54) is 24.3 Å². The minimum atomic E-state index is -1.20. The van der Waals surface area contributed by atoms with Crippen LogP contribution in [0.2, 0.25) is 0 Å². The zero-order valence-corrected chi connectivity index (χ0v) is 16.8. The van der Waals surface area contributed by atoms with Gasteiger partial charge in [0.25, 0.3) is 5.69 Å². The Morgan fingerprint density at radius 2 is 1.73 bits per heavy atom. The first-order chi connectivity index (χ1) is 14.2. The molecule has 2 rings (SSSR count). The molecule has 0 spiro atoms. The Labute approximate surface area is 172 Å². The number of nitro groups is 1. The van der Waals surface area contributed by atoms with Gasteiger partial charge >= 0.3 is 17.9 Å². The maximum absolute atomic E-state index is 12.8. The summed E-state index contributed by atoms with van der Waals surface area (Å²) in [6, 6.07) is 5.46. The van der Waals surface area contributed by atoms with Crippen molar-refractivity contribution in [1.82, 2.24) is 5.32 Å². The fourth-order valence-corrected chi connectivity index (χ4v) is 3.27. The number of dihydropyridines is 1. The molecule has 30 heavy (non-hydrogen) atoms. The van der Waals surface area contributed by atoms with Gasteiger partial charge in [-0.05, 0) is 26.3 Å². The highest BCUT2D eigenvalue weighted by molar-refractivity contribution is 6.00. The molecule has 0 fully saturated rings. The summed E-state index contributed by atoms with van der Waals surface area (Å²) in [7, 11) is 0. The zero-order chi connectivity index (χ0) is 22.4.